The van der Waals surface area contributed by atoms with E-state index in [1.165, 1.54) is 12.1 Å². The van der Waals surface area contributed by atoms with Crippen LogP contribution in [0.2, 0.25) is 5.02 Å². The maximum absolute atomic E-state index is 12.7. The molecule has 0 aliphatic heterocycles. The molecule has 0 saturated carbocycles. The standard InChI is InChI=1S/C15H8ClF2NO2S/c16-10-6-3-5-9(12(10)22-15(17)18)13-19-11-7-2-1-4-8(11)14(20)21-13/h1-7,15H. The third-order valence-corrected chi connectivity index (χ3v) is 4.22. The SMILES string of the molecule is O=c1oc(-c2cccc(Cl)c2SC(F)F)nc2ccccc12. The van der Waals surface area contributed by atoms with Gasteiger partial charge in [-0.1, -0.05) is 41.6 Å². The topological polar surface area (TPSA) is 43.1 Å². The molecular formula is C15H8ClF2NO2S. The highest BCUT2D eigenvalue weighted by molar-refractivity contribution is 7.99. The summed E-state index contributed by atoms with van der Waals surface area (Å²) in [6, 6.07) is 11.3. The summed E-state index contributed by atoms with van der Waals surface area (Å²) in [6.07, 6.45) is 0. The molecule has 3 nitrogen and oxygen atoms in total. The summed E-state index contributed by atoms with van der Waals surface area (Å²) in [4.78, 5) is 16.4. The Kier molecular flexibility index (Phi) is 4.13. The third-order valence-electron chi connectivity index (χ3n) is 2.94. The van der Waals surface area contributed by atoms with Gasteiger partial charge in [0.2, 0.25) is 5.89 Å². The molecule has 112 valence electrons. The van der Waals surface area contributed by atoms with Gasteiger partial charge in [0.15, 0.2) is 0 Å². The van der Waals surface area contributed by atoms with Gasteiger partial charge in [-0.3, -0.25) is 0 Å². The van der Waals surface area contributed by atoms with E-state index in [1.54, 1.807) is 30.3 Å². The van der Waals surface area contributed by atoms with Crippen molar-refractivity contribution in [3.8, 4) is 11.5 Å². The Morgan fingerprint density at radius 2 is 1.91 bits per heavy atom. The second-order valence-electron chi connectivity index (χ2n) is 4.32. The van der Waals surface area contributed by atoms with Crippen molar-refractivity contribution < 1.29 is 13.2 Å². The van der Waals surface area contributed by atoms with E-state index < -0.39 is 11.4 Å². The zero-order valence-electron chi connectivity index (χ0n) is 10.9. The van der Waals surface area contributed by atoms with Gasteiger partial charge >= 0.3 is 5.63 Å². The normalized spacial score (nSPS) is 11.3. The zero-order valence-corrected chi connectivity index (χ0v) is 12.5. The first-order valence-corrected chi connectivity index (χ1v) is 7.45. The Labute approximate surface area is 132 Å². The number of thioether (sulfide) groups is 1. The van der Waals surface area contributed by atoms with Crippen LogP contribution in [-0.4, -0.2) is 10.7 Å². The number of fused-ring (bicyclic) bond motifs is 1. The molecule has 0 radical (unpaired) electrons. The van der Waals surface area contributed by atoms with Crippen LogP contribution in [0, 0.1) is 0 Å². The Morgan fingerprint density at radius 3 is 2.68 bits per heavy atom. The molecule has 0 saturated heterocycles. The fourth-order valence-corrected chi connectivity index (χ4v) is 2.97. The lowest BCUT2D eigenvalue weighted by Crippen LogP contribution is -2.03. The number of aromatic nitrogens is 1. The van der Waals surface area contributed by atoms with Crippen molar-refractivity contribution in [1.82, 2.24) is 4.98 Å². The smallest absolute Gasteiger partial charge is 0.347 e. The molecule has 3 rings (SSSR count). The van der Waals surface area contributed by atoms with Crippen LogP contribution < -0.4 is 5.63 Å². The van der Waals surface area contributed by atoms with Gasteiger partial charge in [-0.05, 0) is 24.3 Å². The van der Waals surface area contributed by atoms with E-state index in [2.05, 4.69) is 4.98 Å². The van der Waals surface area contributed by atoms with Crippen molar-refractivity contribution in [1.29, 1.82) is 0 Å². The number of hydrogen-bond donors (Lipinski definition) is 0. The van der Waals surface area contributed by atoms with Crippen molar-refractivity contribution in [2.75, 3.05) is 0 Å². The van der Waals surface area contributed by atoms with E-state index in [9.17, 15) is 13.6 Å². The van der Waals surface area contributed by atoms with Crippen molar-refractivity contribution in [3.63, 3.8) is 0 Å². The minimum Gasteiger partial charge on any atom is -0.403 e. The molecular weight excluding hydrogens is 332 g/mol. The molecule has 7 heteroatoms. The molecule has 0 spiro atoms. The predicted molar refractivity (Wildman–Crippen MR) is 82.6 cm³/mol. The summed E-state index contributed by atoms with van der Waals surface area (Å²) in [6.45, 7) is 0. The largest absolute Gasteiger partial charge is 0.403 e. The van der Waals surface area contributed by atoms with E-state index >= 15 is 0 Å². The number of halogens is 3. The average Bonchev–Trinajstić information content (AvgIpc) is 2.49. The first-order chi connectivity index (χ1) is 10.6. The summed E-state index contributed by atoms with van der Waals surface area (Å²) in [7, 11) is 0. The Hall–Kier alpha value is -1.92. The maximum atomic E-state index is 12.7. The zero-order chi connectivity index (χ0) is 15.7. The van der Waals surface area contributed by atoms with Crippen LogP contribution in [-0.2, 0) is 0 Å². The molecule has 0 atom stereocenters. The van der Waals surface area contributed by atoms with Crippen LogP contribution in [0.1, 0.15) is 0 Å². The highest BCUT2D eigenvalue weighted by Gasteiger charge is 2.18. The monoisotopic (exact) mass is 339 g/mol. The first-order valence-electron chi connectivity index (χ1n) is 6.20. The third kappa shape index (κ3) is 2.84. The summed E-state index contributed by atoms with van der Waals surface area (Å²) in [5.74, 6) is -2.68. The molecule has 0 amide bonds. The average molecular weight is 340 g/mol. The van der Waals surface area contributed by atoms with Gasteiger partial charge < -0.3 is 4.42 Å². The van der Waals surface area contributed by atoms with Gasteiger partial charge in [0.25, 0.3) is 5.76 Å². The van der Waals surface area contributed by atoms with Crippen LogP contribution in [0.25, 0.3) is 22.4 Å². The Balaban J connectivity index is 2.24. The van der Waals surface area contributed by atoms with Gasteiger partial charge in [-0.25, -0.2) is 9.78 Å². The van der Waals surface area contributed by atoms with Crippen molar-refractivity contribution in [3.05, 3.63) is 57.9 Å². The molecule has 3 aromatic rings. The van der Waals surface area contributed by atoms with Crippen LogP contribution in [0.5, 0.6) is 0 Å². The number of benzene rings is 2. The van der Waals surface area contributed by atoms with Crippen LogP contribution in [0.15, 0.2) is 56.6 Å². The molecule has 0 aliphatic rings. The fourth-order valence-electron chi connectivity index (χ4n) is 2.02. The lowest BCUT2D eigenvalue weighted by Gasteiger charge is -2.09. The van der Waals surface area contributed by atoms with Gasteiger partial charge in [-0.15, -0.1) is 0 Å². The number of para-hydroxylation sites is 1. The molecule has 2 aromatic carbocycles. The van der Waals surface area contributed by atoms with Crippen molar-refractivity contribution in [2.24, 2.45) is 0 Å². The lowest BCUT2D eigenvalue weighted by molar-refractivity contribution is 0.252. The second-order valence-corrected chi connectivity index (χ2v) is 5.73. The van der Waals surface area contributed by atoms with E-state index in [1.807, 2.05) is 0 Å². The lowest BCUT2D eigenvalue weighted by atomic mass is 10.2. The van der Waals surface area contributed by atoms with Crippen LogP contribution in [0.4, 0.5) is 8.78 Å². The minimum atomic E-state index is -2.65. The van der Waals surface area contributed by atoms with Crippen LogP contribution >= 0.6 is 23.4 Å². The van der Waals surface area contributed by atoms with E-state index in [0.29, 0.717) is 22.7 Å². The molecule has 0 unspecified atom stereocenters. The fraction of sp³-hybridized carbons (Fsp3) is 0.0667. The molecule has 0 N–H and O–H groups in total. The van der Waals surface area contributed by atoms with Gasteiger partial charge in [-0.2, -0.15) is 8.78 Å². The van der Waals surface area contributed by atoms with E-state index in [-0.39, 0.29) is 21.4 Å². The summed E-state index contributed by atoms with van der Waals surface area (Å²) >= 11 is 6.27. The van der Waals surface area contributed by atoms with E-state index in [4.69, 9.17) is 16.0 Å². The number of hydrogen-bond acceptors (Lipinski definition) is 4. The number of alkyl halides is 2. The van der Waals surface area contributed by atoms with Gasteiger partial charge in [0.1, 0.15) is 0 Å². The molecule has 0 aliphatic carbocycles. The van der Waals surface area contributed by atoms with E-state index in [0.717, 1.165) is 0 Å². The van der Waals surface area contributed by atoms with Gasteiger partial charge in [0, 0.05) is 4.90 Å². The summed E-state index contributed by atoms with van der Waals surface area (Å²) in [5, 5.41) is 0.483. The summed E-state index contributed by atoms with van der Waals surface area (Å²) in [5.41, 5.74) is 0.121. The maximum Gasteiger partial charge on any atom is 0.347 e. The molecule has 0 fully saturated rings. The predicted octanol–water partition coefficient (Wildman–Crippen LogP) is 4.82. The molecule has 22 heavy (non-hydrogen) atoms. The Bertz CT molecular complexity index is 898. The molecule has 1 heterocycles. The summed E-state index contributed by atoms with van der Waals surface area (Å²) < 4.78 is 30.6. The van der Waals surface area contributed by atoms with Gasteiger partial charge in [0.05, 0.1) is 21.5 Å². The van der Waals surface area contributed by atoms with Crippen molar-refractivity contribution in [2.45, 2.75) is 10.7 Å². The first kappa shape index (κ1) is 15.0. The second kappa shape index (κ2) is 6.06. The number of nitrogens with zero attached hydrogens (tertiary/aromatic N) is 1. The van der Waals surface area contributed by atoms with Crippen LogP contribution in [0.3, 0.4) is 0 Å². The number of rotatable bonds is 3. The Morgan fingerprint density at radius 1 is 1.14 bits per heavy atom. The highest BCUT2D eigenvalue weighted by Crippen LogP contribution is 2.39. The molecule has 1 aromatic heterocycles. The quantitative estimate of drug-likeness (QED) is 0.641. The molecule has 0 bridgehead atoms. The van der Waals surface area contributed by atoms with Crippen molar-refractivity contribution >= 4 is 34.3 Å². The highest BCUT2D eigenvalue weighted by atomic mass is 35.5. The minimum absolute atomic E-state index is 0.0330.